The number of hydrogen-bond acceptors (Lipinski definition) is 4. The van der Waals surface area contributed by atoms with Crippen molar-refractivity contribution in [1.82, 2.24) is 10.6 Å². The fourth-order valence-electron chi connectivity index (χ4n) is 3.09. The van der Waals surface area contributed by atoms with E-state index < -0.39 is 6.03 Å². The number of rotatable bonds is 7. The Bertz CT molecular complexity index is 886. The second kappa shape index (κ2) is 9.59. The number of nitrogens with one attached hydrogen (secondary N) is 3. The normalized spacial score (nSPS) is 13.1. The third-order valence-electron chi connectivity index (χ3n) is 4.53. The lowest BCUT2D eigenvalue weighted by Crippen LogP contribution is -2.39. The van der Waals surface area contributed by atoms with E-state index in [2.05, 4.69) is 16.0 Å². The number of methoxy groups -OCH3 is 1. The van der Waals surface area contributed by atoms with E-state index in [0.717, 1.165) is 12.0 Å². The molecule has 3 rings (SSSR count). The van der Waals surface area contributed by atoms with Gasteiger partial charge in [0.25, 0.3) is 0 Å². The van der Waals surface area contributed by atoms with Gasteiger partial charge in [0, 0.05) is 31.3 Å². The van der Waals surface area contributed by atoms with Gasteiger partial charge in [-0.1, -0.05) is 30.3 Å². The quantitative estimate of drug-likeness (QED) is 0.668. The molecule has 8 nitrogen and oxygen atoms in total. The van der Waals surface area contributed by atoms with Crippen molar-refractivity contribution in [3.8, 4) is 5.75 Å². The largest absolute Gasteiger partial charge is 0.494 e. The van der Waals surface area contributed by atoms with Crippen molar-refractivity contribution >= 4 is 29.2 Å². The van der Waals surface area contributed by atoms with Crippen LogP contribution in [0.1, 0.15) is 18.4 Å². The number of hydrogen-bond donors (Lipinski definition) is 3. The second-order valence-corrected chi connectivity index (χ2v) is 6.61. The average Bonchev–Trinajstić information content (AvgIpc) is 3.17. The van der Waals surface area contributed by atoms with Gasteiger partial charge in [0.05, 0.1) is 19.3 Å². The molecule has 152 valence electrons. The van der Waals surface area contributed by atoms with Gasteiger partial charge < -0.3 is 25.6 Å². The Balaban J connectivity index is 1.49. The van der Waals surface area contributed by atoms with Crippen LogP contribution in [-0.2, 0) is 16.1 Å². The molecule has 0 spiro atoms. The number of carbonyl (C=O) groups is 3. The molecule has 0 bridgehead atoms. The zero-order valence-corrected chi connectivity index (χ0v) is 16.2. The van der Waals surface area contributed by atoms with Crippen LogP contribution in [0.2, 0.25) is 0 Å². The molecule has 0 aliphatic carbocycles. The molecule has 2 aromatic carbocycles. The van der Waals surface area contributed by atoms with Gasteiger partial charge in [-0.3, -0.25) is 9.59 Å². The van der Waals surface area contributed by atoms with Gasteiger partial charge in [-0.2, -0.15) is 0 Å². The summed E-state index contributed by atoms with van der Waals surface area (Å²) in [7, 11) is 1.52. The van der Waals surface area contributed by atoms with E-state index >= 15 is 0 Å². The van der Waals surface area contributed by atoms with Crippen LogP contribution in [0.5, 0.6) is 5.75 Å². The van der Waals surface area contributed by atoms with Crippen molar-refractivity contribution in [2.75, 3.05) is 30.4 Å². The summed E-state index contributed by atoms with van der Waals surface area (Å²) in [4.78, 5) is 37.6. The Morgan fingerprint density at radius 3 is 2.59 bits per heavy atom. The van der Waals surface area contributed by atoms with Crippen LogP contribution in [0.4, 0.5) is 16.2 Å². The molecule has 0 saturated carbocycles. The van der Waals surface area contributed by atoms with Crippen LogP contribution in [0.25, 0.3) is 0 Å². The van der Waals surface area contributed by atoms with E-state index in [1.54, 1.807) is 23.1 Å². The standard InChI is InChI=1S/C21H24N4O4/c1-29-18-12-16(9-10-17(18)25-11-5-8-20(25)27)24-19(26)14-23-21(28)22-13-15-6-3-2-4-7-15/h2-4,6-7,9-10,12H,5,8,11,13-14H2,1H3,(H,24,26)(H2,22,23,28). The summed E-state index contributed by atoms with van der Waals surface area (Å²) in [5, 5.41) is 7.92. The molecule has 0 unspecified atom stereocenters. The summed E-state index contributed by atoms with van der Waals surface area (Å²) < 4.78 is 5.38. The molecular weight excluding hydrogens is 372 g/mol. The second-order valence-electron chi connectivity index (χ2n) is 6.61. The van der Waals surface area contributed by atoms with Gasteiger partial charge in [0.1, 0.15) is 5.75 Å². The lowest BCUT2D eigenvalue weighted by Gasteiger charge is -2.19. The predicted octanol–water partition coefficient (Wildman–Crippen LogP) is 2.26. The molecule has 4 amide bonds. The van der Waals surface area contributed by atoms with Crippen molar-refractivity contribution in [3.05, 3.63) is 54.1 Å². The first-order valence-corrected chi connectivity index (χ1v) is 9.40. The summed E-state index contributed by atoms with van der Waals surface area (Å²) in [6, 6.07) is 14.2. The molecule has 3 N–H and O–H groups in total. The highest BCUT2D eigenvalue weighted by Crippen LogP contribution is 2.33. The van der Waals surface area contributed by atoms with Gasteiger partial charge in [-0.05, 0) is 24.1 Å². The summed E-state index contributed by atoms with van der Waals surface area (Å²) in [6.45, 7) is 0.861. The van der Waals surface area contributed by atoms with Gasteiger partial charge >= 0.3 is 6.03 Å². The molecule has 0 aromatic heterocycles. The van der Waals surface area contributed by atoms with E-state index in [0.29, 0.717) is 36.6 Å². The minimum Gasteiger partial charge on any atom is -0.494 e. The van der Waals surface area contributed by atoms with Crippen LogP contribution >= 0.6 is 0 Å². The Morgan fingerprint density at radius 1 is 1.10 bits per heavy atom. The minimum atomic E-state index is -0.426. The molecule has 1 saturated heterocycles. The SMILES string of the molecule is COc1cc(NC(=O)CNC(=O)NCc2ccccc2)ccc1N1CCCC1=O. The van der Waals surface area contributed by atoms with E-state index in [-0.39, 0.29) is 18.4 Å². The Labute approximate surface area is 169 Å². The Morgan fingerprint density at radius 2 is 1.90 bits per heavy atom. The fraction of sp³-hybridized carbons (Fsp3) is 0.286. The zero-order valence-electron chi connectivity index (χ0n) is 16.2. The molecule has 0 atom stereocenters. The van der Waals surface area contributed by atoms with Crippen LogP contribution in [0.3, 0.4) is 0 Å². The highest BCUT2D eigenvalue weighted by molar-refractivity contribution is 5.98. The van der Waals surface area contributed by atoms with Gasteiger partial charge in [-0.15, -0.1) is 0 Å². The number of anilines is 2. The molecule has 0 radical (unpaired) electrons. The summed E-state index contributed by atoms with van der Waals surface area (Å²) in [5.41, 5.74) is 2.18. The Hall–Kier alpha value is -3.55. The number of ether oxygens (including phenoxy) is 1. The highest BCUT2D eigenvalue weighted by Gasteiger charge is 2.24. The maximum atomic E-state index is 12.1. The van der Waals surface area contributed by atoms with Crippen LogP contribution in [0.15, 0.2) is 48.5 Å². The van der Waals surface area contributed by atoms with E-state index in [4.69, 9.17) is 4.74 Å². The number of nitrogens with zero attached hydrogens (tertiary/aromatic N) is 1. The average molecular weight is 396 g/mol. The summed E-state index contributed by atoms with van der Waals surface area (Å²) >= 11 is 0. The fourth-order valence-corrected chi connectivity index (χ4v) is 3.09. The number of amides is 4. The summed E-state index contributed by atoms with van der Waals surface area (Å²) in [5.74, 6) is 0.198. The maximum Gasteiger partial charge on any atom is 0.315 e. The van der Waals surface area contributed by atoms with Crippen molar-refractivity contribution in [1.29, 1.82) is 0 Å². The van der Waals surface area contributed by atoms with Gasteiger partial charge in [0.2, 0.25) is 11.8 Å². The van der Waals surface area contributed by atoms with E-state index in [9.17, 15) is 14.4 Å². The molecule has 1 aliphatic heterocycles. The maximum absolute atomic E-state index is 12.1. The molecule has 8 heteroatoms. The lowest BCUT2D eigenvalue weighted by atomic mass is 10.2. The molecule has 2 aromatic rings. The molecular formula is C21H24N4O4. The van der Waals surface area contributed by atoms with Crippen molar-refractivity contribution in [3.63, 3.8) is 0 Å². The topological polar surface area (TPSA) is 99.8 Å². The monoisotopic (exact) mass is 396 g/mol. The number of urea groups is 1. The smallest absolute Gasteiger partial charge is 0.315 e. The van der Waals surface area contributed by atoms with Crippen molar-refractivity contribution < 1.29 is 19.1 Å². The van der Waals surface area contributed by atoms with Crippen LogP contribution < -0.4 is 25.6 Å². The van der Waals surface area contributed by atoms with Crippen LogP contribution in [0, 0.1) is 0 Å². The first-order chi connectivity index (χ1) is 14.1. The molecule has 29 heavy (non-hydrogen) atoms. The third-order valence-corrected chi connectivity index (χ3v) is 4.53. The third kappa shape index (κ3) is 5.47. The van der Waals surface area contributed by atoms with Gasteiger partial charge in [-0.25, -0.2) is 4.79 Å². The minimum absolute atomic E-state index is 0.0609. The highest BCUT2D eigenvalue weighted by atomic mass is 16.5. The molecule has 1 fully saturated rings. The number of carbonyl (C=O) groups excluding carboxylic acids is 3. The van der Waals surface area contributed by atoms with Crippen molar-refractivity contribution in [2.24, 2.45) is 0 Å². The lowest BCUT2D eigenvalue weighted by molar-refractivity contribution is -0.117. The number of benzene rings is 2. The first-order valence-electron chi connectivity index (χ1n) is 9.40. The zero-order chi connectivity index (χ0) is 20.6. The first kappa shape index (κ1) is 20.2. The van der Waals surface area contributed by atoms with Crippen molar-refractivity contribution in [2.45, 2.75) is 19.4 Å². The van der Waals surface area contributed by atoms with Gasteiger partial charge in [0.15, 0.2) is 0 Å². The molecule has 1 aliphatic rings. The predicted molar refractivity (Wildman–Crippen MR) is 110 cm³/mol. The van der Waals surface area contributed by atoms with E-state index in [1.807, 2.05) is 30.3 Å². The molecule has 1 heterocycles. The van der Waals surface area contributed by atoms with Crippen LogP contribution in [-0.4, -0.2) is 38.0 Å². The summed E-state index contributed by atoms with van der Waals surface area (Å²) in [6.07, 6.45) is 1.35. The van der Waals surface area contributed by atoms with E-state index in [1.165, 1.54) is 7.11 Å². The Kier molecular flexibility index (Phi) is 6.67.